The number of rotatable bonds is 4. The van der Waals surface area contributed by atoms with E-state index in [1.165, 1.54) is 0 Å². The molecule has 152 valence electrons. The fraction of sp³-hybridized carbons (Fsp3) is 0. The molecule has 0 saturated carbocycles. The highest BCUT2D eigenvalue weighted by molar-refractivity contribution is 9.10. The number of nitrogen functional groups attached to an aromatic ring is 1. The van der Waals surface area contributed by atoms with Crippen molar-refractivity contribution >= 4 is 44.8 Å². The van der Waals surface area contributed by atoms with Crippen molar-refractivity contribution in [1.29, 1.82) is 0 Å². The number of nitrogens with zero attached hydrogens (tertiary/aromatic N) is 2. The maximum Gasteiger partial charge on any atom is 0.229 e. The van der Waals surface area contributed by atoms with Gasteiger partial charge in [-0.3, -0.25) is 0 Å². The number of aromatic nitrogens is 2. The molecule has 3 aromatic carbocycles. The molecule has 0 aliphatic rings. The van der Waals surface area contributed by atoms with E-state index in [4.69, 9.17) is 10.8 Å². The SMILES string of the molecule is Nc1ccc(O)cc1.Oc1ccc(Nc2ncc(Br)c(Nc3ccccc3)n2)cc1. The van der Waals surface area contributed by atoms with Crippen LogP contribution >= 0.6 is 15.9 Å². The molecule has 8 heteroatoms. The maximum atomic E-state index is 9.29. The van der Waals surface area contributed by atoms with Crippen molar-refractivity contribution in [2.75, 3.05) is 16.4 Å². The van der Waals surface area contributed by atoms with Crippen LogP contribution in [0, 0.1) is 0 Å². The number of hydrogen-bond acceptors (Lipinski definition) is 7. The molecule has 0 spiro atoms. The molecule has 0 bridgehead atoms. The van der Waals surface area contributed by atoms with Gasteiger partial charge in [-0.25, -0.2) is 4.98 Å². The molecule has 0 atom stereocenters. The third kappa shape index (κ3) is 6.39. The average Bonchev–Trinajstić information content (AvgIpc) is 2.75. The molecular weight excluding hydrogens is 446 g/mol. The van der Waals surface area contributed by atoms with E-state index < -0.39 is 0 Å². The maximum absolute atomic E-state index is 9.29. The average molecular weight is 466 g/mol. The van der Waals surface area contributed by atoms with Gasteiger partial charge in [-0.1, -0.05) is 18.2 Å². The standard InChI is InChI=1S/C16H13BrN4O.C6H7NO/c17-14-10-18-16(20-12-6-8-13(22)9-7-12)21-15(14)19-11-4-2-1-3-5-11;7-5-1-3-6(8)4-2-5/h1-10,22H,(H2,18,19,20,21);1-4,8H,7H2. The Morgan fingerprint density at radius 2 is 1.30 bits per heavy atom. The summed E-state index contributed by atoms with van der Waals surface area (Å²) in [6.45, 7) is 0. The number of phenols is 2. The molecule has 30 heavy (non-hydrogen) atoms. The minimum atomic E-state index is 0.216. The quantitative estimate of drug-likeness (QED) is 0.202. The van der Waals surface area contributed by atoms with Gasteiger partial charge in [0, 0.05) is 23.3 Å². The molecule has 0 saturated heterocycles. The summed E-state index contributed by atoms with van der Waals surface area (Å²) in [6, 6.07) is 22.9. The lowest BCUT2D eigenvalue weighted by Crippen LogP contribution is -2.01. The third-order valence-corrected chi connectivity index (χ3v) is 4.38. The Labute approximate surface area is 182 Å². The second-order valence-corrected chi connectivity index (χ2v) is 7.00. The topological polar surface area (TPSA) is 116 Å². The second kappa shape index (κ2) is 10.1. The zero-order valence-corrected chi connectivity index (χ0v) is 17.4. The Morgan fingerprint density at radius 1 is 0.733 bits per heavy atom. The molecule has 0 amide bonds. The lowest BCUT2D eigenvalue weighted by atomic mass is 10.3. The van der Waals surface area contributed by atoms with Crippen LogP contribution in [0.4, 0.5) is 28.8 Å². The molecule has 1 aromatic heterocycles. The van der Waals surface area contributed by atoms with Crippen molar-refractivity contribution in [2.45, 2.75) is 0 Å². The van der Waals surface area contributed by atoms with Crippen molar-refractivity contribution in [3.8, 4) is 11.5 Å². The molecule has 0 aliphatic carbocycles. The number of anilines is 5. The summed E-state index contributed by atoms with van der Waals surface area (Å²) in [4.78, 5) is 8.67. The highest BCUT2D eigenvalue weighted by Crippen LogP contribution is 2.25. The summed E-state index contributed by atoms with van der Waals surface area (Å²) in [5.74, 6) is 1.60. The van der Waals surface area contributed by atoms with Gasteiger partial charge in [-0.05, 0) is 76.6 Å². The molecule has 7 nitrogen and oxygen atoms in total. The summed E-state index contributed by atoms with van der Waals surface area (Å²) in [6.07, 6.45) is 1.68. The Morgan fingerprint density at radius 3 is 1.90 bits per heavy atom. The predicted octanol–water partition coefficient (Wildman–Crippen LogP) is 5.41. The van der Waals surface area contributed by atoms with Gasteiger partial charge in [0.25, 0.3) is 0 Å². The molecule has 6 N–H and O–H groups in total. The number of nitrogens with one attached hydrogen (secondary N) is 2. The summed E-state index contributed by atoms with van der Waals surface area (Å²) >= 11 is 3.43. The fourth-order valence-corrected chi connectivity index (χ4v) is 2.61. The Balaban J connectivity index is 0.000000269. The van der Waals surface area contributed by atoms with Crippen LogP contribution in [-0.4, -0.2) is 20.2 Å². The van der Waals surface area contributed by atoms with Gasteiger partial charge in [0.05, 0.1) is 4.47 Å². The van der Waals surface area contributed by atoms with Crippen molar-refractivity contribution in [1.82, 2.24) is 9.97 Å². The van der Waals surface area contributed by atoms with Crippen molar-refractivity contribution < 1.29 is 10.2 Å². The lowest BCUT2D eigenvalue weighted by molar-refractivity contribution is 0.475. The number of para-hydroxylation sites is 1. The van der Waals surface area contributed by atoms with E-state index in [2.05, 4.69) is 36.5 Å². The first-order chi connectivity index (χ1) is 14.5. The van der Waals surface area contributed by atoms with E-state index >= 15 is 0 Å². The van der Waals surface area contributed by atoms with Crippen LogP contribution in [0.2, 0.25) is 0 Å². The highest BCUT2D eigenvalue weighted by atomic mass is 79.9. The Kier molecular flexibility index (Phi) is 7.07. The Hall–Kier alpha value is -3.78. The lowest BCUT2D eigenvalue weighted by Gasteiger charge is -2.10. The van der Waals surface area contributed by atoms with Gasteiger partial charge < -0.3 is 26.6 Å². The number of hydrogen-bond donors (Lipinski definition) is 5. The molecule has 4 rings (SSSR count). The highest BCUT2D eigenvalue weighted by Gasteiger charge is 2.06. The van der Waals surface area contributed by atoms with E-state index in [1.54, 1.807) is 54.7 Å². The largest absolute Gasteiger partial charge is 0.508 e. The van der Waals surface area contributed by atoms with E-state index in [0.29, 0.717) is 17.5 Å². The van der Waals surface area contributed by atoms with Crippen LogP contribution in [0.5, 0.6) is 11.5 Å². The van der Waals surface area contributed by atoms with Crippen LogP contribution in [0.1, 0.15) is 0 Å². The second-order valence-electron chi connectivity index (χ2n) is 6.14. The van der Waals surface area contributed by atoms with E-state index in [-0.39, 0.29) is 11.5 Å². The number of halogens is 1. The summed E-state index contributed by atoms with van der Waals surface area (Å²) in [7, 11) is 0. The number of nitrogens with two attached hydrogens (primary N) is 1. The zero-order chi connectivity index (χ0) is 21.3. The van der Waals surface area contributed by atoms with E-state index in [1.807, 2.05) is 30.3 Å². The minimum absolute atomic E-state index is 0.216. The number of aromatic hydroxyl groups is 2. The van der Waals surface area contributed by atoms with Gasteiger partial charge in [-0.2, -0.15) is 4.98 Å². The van der Waals surface area contributed by atoms with Crippen LogP contribution in [0.3, 0.4) is 0 Å². The van der Waals surface area contributed by atoms with Gasteiger partial charge in [0.15, 0.2) is 0 Å². The first kappa shape index (κ1) is 20.9. The molecule has 0 radical (unpaired) electrons. The summed E-state index contributed by atoms with van der Waals surface area (Å²) in [5, 5.41) is 24.3. The summed E-state index contributed by atoms with van der Waals surface area (Å²) in [5.41, 5.74) is 7.72. The number of benzene rings is 3. The fourth-order valence-electron chi connectivity index (χ4n) is 2.32. The van der Waals surface area contributed by atoms with Crippen molar-refractivity contribution in [3.05, 3.63) is 89.5 Å². The van der Waals surface area contributed by atoms with Gasteiger partial charge in [0.1, 0.15) is 17.3 Å². The Bertz CT molecular complexity index is 1050. The van der Waals surface area contributed by atoms with Gasteiger partial charge in [0.2, 0.25) is 5.95 Å². The molecule has 4 aromatic rings. The van der Waals surface area contributed by atoms with Gasteiger partial charge in [-0.15, -0.1) is 0 Å². The third-order valence-electron chi connectivity index (χ3n) is 3.80. The first-order valence-corrected chi connectivity index (χ1v) is 9.74. The van der Waals surface area contributed by atoms with Crippen LogP contribution < -0.4 is 16.4 Å². The van der Waals surface area contributed by atoms with Crippen LogP contribution in [0.25, 0.3) is 0 Å². The van der Waals surface area contributed by atoms with E-state index in [9.17, 15) is 5.11 Å². The first-order valence-electron chi connectivity index (χ1n) is 8.95. The minimum Gasteiger partial charge on any atom is -0.508 e. The van der Waals surface area contributed by atoms with E-state index in [0.717, 1.165) is 15.8 Å². The predicted molar refractivity (Wildman–Crippen MR) is 123 cm³/mol. The smallest absolute Gasteiger partial charge is 0.229 e. The molecule has 0 fully saturated rings. The van der Waals surface area contributed by atoms with Crippen molar-refractivity contribution in [2.24, 2.45) is 0 Å². The molecule has 0 aliphatic heterocycles. The molecular formula is C22H20BrN5O2. The van der Waals surface area contributed by atoms with Crippen LogP contribution in [0.15, 0.2) is 89.5 Å². The van der Waals surface area contributed by atoms with Gasteiger partial charge >= 0.3 is 0 Å². The number of phenolic OH excluding ortho intramolecular Hbond substituents is 2. The normalized spacial score (nSPS) is 9.90. The molecule has 0 unspecified atom stereocenters. The summed E-state index contributed by atoms with van der Waals surface area (Å²) < 4.78 is 0.771. The molecule has 1 heterocycles. The van der Waals surface area contributed by atoms with Crippen molar-refractivity contribution in [3.63, 3.8) is 0 Å². The van der Waals surface area contributed by atoms with Crippen LogP contribution in [-0.2, 0) is 0 Å². The zero-order valence-electron chi connectivity index (χ0n) is 15.8. The monoisotopic (exact) mass is 465 g/mol.